The number of hydrogen-bond donors (Lipinski definition) is 0. The summed E-state index contributed by atoms with van der Waals surface area (Å²) in [7, 11) is 0. The molecule has 0 fully saturated rings. The number of fused-ring (bicyclic) bond motifs is 1. The molecule has 1 unspecified atom stereocenters. The first kappa shape index (κ1) is 18.5. The van der Waals surface area contributed by atoms with E-state index in [0.29, 0.717) is 0 Å². The summed E-state index contributed by atoms with van der Waals surface area (Å²) in [4.78, 5) is 0. The lowest BCUT2D eigenvalue weighted by molar-refractivity contribution is -0.137. The summed E-state index contributed by atoms with van der Waals surface area (Å²) >= 11 is 0. The minimum Gasteiger partial charge on any atom is -0.166 e. The topological polar surface area (TPSA) is 0 Å². The third-order valence-electron chi connectivity index (χ3n) is 4.91. The Bertz CT molecular complexity index is 847. The van der Waals surface area contributed by atoms with Gasteiger partial charge < -0.3 is 0 Å². The smallest absolute Gasteiger partial charge is 0.166 e. The van der Waals surface area contributed by atoms with Crippen LogP contribution in [0.25, 0.3) is 10.8 Å². The summed E-state index contributed by atoms with van der Waals surface area (Å²) in [6.45, 7) is 2.14. The molecule has 0 radical (unpaired) electrons. The predicted octanol–water partition coefficient (Wildman–Crippen LogP) is 7.38. The van der Waals surface area contributed by atoms with Crippen molar-refractivity contribution in [2.75, 3.05) is 0 Å². The monoisotopic (exact) mass is 356 g/mol. The summed E-state index contributed by atoms with van der Waals surface area (Å²) < 4.78 is 38.5. The Morgan fingerprint density at radius 3 is 2.19 bits per heavy atom. The average molecular weight is 356 g/mol. The average Bonchev–Trinajstić information content (AvgIpc) is 2.64. The SMILES string of the molecule is CCCCC(Cc1ccc2ccccc2c1)c1ccc(C(F)(F)F)cc1. The molecule has 0 N–H and O–H groups in total. The van der Waals surface area contributed by atoms with Gasteiger partial charge in [0.15, 0.2) is 0 Å². The minimum atomic E-state index is -4.28. The summed E-state index contributed by atoms with van der Waals surface area (Å²) in [5, 5.41) is 2.41. The Kier molecular flexibility index (Phi) is 5.65. The Labute approximate surface area is 152 Å². The van der Waals surface area contributed by atoms with E-state index >= 15 is 0 Å². The van der Waals surface area contributed by atoms with E-state index in [1.54, 1.807) is 12.1 Å². The van der Waals surface area contributed by atoms with Gasteiger partial charge in [-0.1, -0.05) is 74.4 Å². The molecular weight excluding hydrogens is 333 g/mol. The van der Waals surface area contributed by atoms with Gasteiger partial charge in [0.2, 0.25) is 0 Å². The first-order valence-electron chi connectivity index (χ1n) is 9.12. The van der Waals surface area contributed by atoms with E-state index in [0.717, 1.165) is 31.2 Å². The Morgan fingerprint density at radius 2 is 1.54 bits per heavy atom. The number of unbranched alkanes of at least 4 members (excludes halogenated alkanes) is 1. The molecule has 0 aliphatic heterocycles. The van der Waals surface area contributed by atoms with Crippen LogP contribution in [0.4, 0.5) is 13.2 Å². The van der Waals surface area contributed by atoms with Gasteiger partial charge in [-0.15, -0.1) is 0 Å². The molecule has 0 aliphatic carbocycles. The Balaban J connectivity index is 1.84. The molecular formula is C23H23F3. The molecule has 0 spiro atoms. The summed E-state index contributed by atoms with van der Waals surface area (Å²) in [6, 6.07) is 20.4. The van der Waals surface area contributed by atoms with Crippen LogP contribution in [0.5, 0.6) is 0 Å². The molecule has 3 aromatic rings. The zero-order valence-corrected chi connectivity index (χ0v) is 14.9. The summed E-state index contributed by atoms with van der Waals surface area (Å²) in [6.07, 6.45) is -0.311. The van der Waals surface area contributed by atoms with Gasteiger partial charge in [0.25, 0.3) is 0 Å². The lowest BCUT2D eigenvalue weighted by atomic mass is 9.87. The lowest BCUT2D eigenvalue weighted by Gasteiger charge is -2.19. The number of rotatable bonds is 6. The van der Waals surface area contributed by atoms with Crippen molar-refractivity contribution < 1.29 is 13.2 Å². The molecule has 0 saturated heterocycles. The molecule has 0 saturated carbocycles. The van der Waals surface area contributed by atoms with Crippen LogP contribution in [0.3, 0.4) is 0 Å². The van der Waals surface area contributed by atoms with Crippen molar-refractivity contribution in [1.29, 1.82) is 0 Å². The van der Waals surface area contributed by atoms with Crippen LogP contribution in [0.15, 0.2) is 66.7 Å². The molecule has 0 bridgehead atoms. The van der Waals surface area contributed by atoms with Crippen molar-refractivity contribution in [2.45, 2.75) is 44.7 Å². The maximum atomic E-state index is 12.8. The van der Waals surface area contributed by atoms with E-state index in [4.69, 9.17) is 0 Å². The molecule has 0 aliphatic rings. The van der Waals surface area contributed by atoms with Crippen LogP contribution >= 0.6 is 0 Å². The largest absolute Gasteiger partial charge is 0.416 e. The Morgan fingerprint density at radius 1 is 0.846 bits per heavy atom. The Hall–Kier alpha value is -2.29. The highest BCUT2D eigenvalue weighted by atomic mass is 19.4. The van der Waals surface area contributed by atoms with Crippen LogP contribution in [-0.4, -0.2) is 0 Å². The number of benzene rings is 3. The first-order valence-corrected chi connectivity index (χ1v) is 9.12. The second-order valence-corrected chi connectivity index (χ2v) is 6.84. The first-order chi connectivity index (χ1) is 12.5. The fourth-order valence-electron chi connectivity index (χ4n) is 3.43. The molecule has 3 rings (SSSR count). The van der Waals surface area contributed by atoms with Crippen molar-refractivity contribution in [3.05, 3.63) is 83.4 Å². The van der Waals surface area contributed by atoms with E-state index in [9.17, 15) is 13.2 Å². The van der Waals surface area contributed by atoms with Gasteiger partial charge >= 0.3 is 6.18 Å². The van der Waals surface area contributed by atoms with Crippen LogP contribution in [0.2, 0.25) is 0 Å². The van der Waals surface area contributed by atoms with Crippen molar-refractivity contribution >= 4 is 10.8 Å². The van der Waals surface area contributed by atoms with Crippen molar-refractivity contribution in [2.24, 2.45) is 0 Å². The second-order valence-electron chi connectivity index (χ2n) is 6.84. The molecule has 0 heterocycles. The van der Waals surface area contributed by atoms with Gasteiger partial charge in [0.1, 0.15) is 0 Å². The number of hydrogen-bond acceptors (Lipinski definition) is 0. The molecule has 0 amide bonds. The van der Waals surface area contributed by atoms with Gasteiger partial charge in [-0.25, -0.2) is 0 Å². The predicted molar refractivity (Wildman–Crippen MR) is 101 cm³/mol. The minimum absolute atomic E-state index is 0.235. The fraction of sp³-hybridized carbons (Fsp3) is 0.304. The molecule has 3 heteroatoms. The third-order valence-corrected chi connectivity index (χ3v) is 4.91. The van der Waals surface area contributed by atoms with E-state index in [1.807, 2.05) is 12.1 Å². The zero-order valence-electron chi connectivity index (χ0n) is 14.9. The van der Waals surface area contributed by atoms with Crippen molar-refractivity contribution in [3.8, 4) is 0 Å². The van der Waals surface area contributed by atoms with E-state index in [2.05, 4.69) is 37.3 Å². The molecule has 136 valence electrons. The van der Waals surface area contributed by atoms with Gasteiger partial charge in [0.05, 0.1) is 5.56 Å². The highest BCUT2D eigenvalue weighted by Gasteiger charge is 2.30. The second kappa shape index (κ2) is 7.94. The van der Waals surface area contributed by atoms with E-state index < -0.39 is 11.7 Å². The van der Waals surface area contributed by atoms with Gasteiger partial charge in [-0.3, -0.25) is 0 Å². The molecule has 26 heavy (non-hydrogen) atoms. The van der Waals surface area contributed by atoms with Crippen LogP contribution < -0.4 is 0 Å². The highest BCUT2D eigenvalue weighted by molar-refractivity contribution is 5.83. The van der Waals surface area contributed by atoms with E-state index in [1.165, 1.54) is 28.5 Å². The van der Waals surface area contributed by atoms with Crippen LogP contribution in [0, 0.1) is 0 Å². The van der Waals surface area contributed by atoms with Gasteiger partial charge in [0, 0.05) is 0 Å². The molecule has 0 aromatic heterocycles. The van der Waals surface area contributed by atoms with E-state index in [-0.39, 0.29) is 5.92 Å². The van der Waals surface area contributed by atoms with Crippen molar-refractivity contribution in [1.82, 2.24) is 0 Å². The van der Waals surface area contributed by atoms with Gasteiger partial charge in [-0.05, 0) is 52.8 Å². The zero-order chi connectivity index (χ0) is 18.6. The highest BCUT2D eigenvalue weighted by Crippen LogP contribution is 2.32. The standard InChI is InChI=1S/C23H23F3/c1-2-3-6-20(19-11-13-22(14-12-19)23(24,25)26)15-17-9-10-18-7-4-5-8-21(18)16-17/h4-5,7-14,16,20H,2-3,6,15H2,1H3. The third kappa shape index (κ3) is 4.46. The molecule has 0 nitrogen and oxygen atoms in total. The number of alkyl halides is 3. The molecule has 3 aromatic carbocycles. The van der Waals surface area contributed by atoms with Crippen LogP contribution in [0.1, 0.15) is 48.8 Å². The normalized spacial score (nSPS) is 13.1. The quantitative estimate of drug-likeness (QED) is 0.432. The summed E-state index contributed by atoms with van der Waals surface area (Å²) in [5.74, 6) is 0.235. The molecule has 1 atom stereocenters. The summed E-state index contributed by atoms with van der Waals surface area (Å²) in [5.41, 5.74) is 1.63. The fourth-order valence-corrected chi connectivity index (χ4v) is 3.43. The van der Waals surface area contributed by atoms with Gasteiger partial charge in [-0.2, -0.15) is 13.2 Å². The lowest BCUT2D eigenvalue weighted by Crippen LogP contribution is -2.07. The number of halogens is 3. The van der Waals surface area contributed by atoms with Crippen LogP contribution in [-0.2, 0) is 12.6 Å². The maximum Gasteiger partial charge on any atom is 0.416 e. The van der Waals surface area contributed by atoms with Crippen molar-refractivity contribution in [3.63, 3.8) is 0 Å². The maximum absolute atomic E-state index is 12.8.